The van der Waals surface area contributed by atoms with Gasteiger partial charge in [-0.1, -0.05) is 61.9 Å². The van der Waals surface area contributed by atoms with Crippen molar-refractivity contribution < 1.29 is 9.59 Å². The molecule has 3 aromatic carbocycles. The van der Waals surface area contributed by atoms with Gasteiger partial charge in [0.2, 0.25) is 0 Å². The Morgan fingerprint density at radius 2 is 1.52 bits per heavy atom. The summed E-state index contributed by atoms with van der Waals surface area (Å²) in [6, 6.07) is 23.4. The lowest BCUT2D eigenvalue weighted by Crippen LogP contribution is -2.34. The maximum absolute atomic E-state index is 13.7. The first kappa shape index (κ1) is 22.5. The summed E-state index contributed by atoms with van der Waals surface area (Å²) >= 11 is 0. The zero-order chi connectivity index (χ0) is 23.5. The van der Waals surface area contributed by atoms with Crippen LogP contribution in [0.5, 0.6) is 0 Å². The maximum atomic E-state index is 13.7. The van der Waals surface area contributed by atoms with Gasteiger partial charge in [0.05, 0.1) is 11.3 Å². The Morgan fingerprint density at radius 1 is 0.818 bits per heavy atom. The van der Waals surface area contributed by atoms with Crippen molar-refractivity contribution in [3.8, 4) is 0 Å². The molecule has 33 heavy (non-hydrogen) atoms. The highest BCUT2D eigenvalue weighted by Crippen LogP contribution is 2.36. The molecule has 1 aliphatic heterocycles. The summed E-state index contributed by atoms with van der Waals surface area (Å²) in [5.74, 6) is -0.594. The standard InChI is InChI=1S/C29H30N2O2/c1-5-6-10-22-14-17-25(18-15-22)31-28(32)26(23-16-13-20(2)21(3)19-23)27(29(31)33)30(4)24-11-8-7-9-12-24/h7-9,11-19H,5-6,10H2,1-4H3. The van der Waals surface area contributed by atoms with Gasteiger partial charge in [-0.15, -0.1) is 0 Å². The summed E-state index contributed by atoms with van der Waals surface area (Å²) in [5.41, 5.74) is 6.48. The summed E-state index contributed by atoms with van der Waals surface area (Å²) in [6.45, 7) is 6.23. The number of nitrogens with zero attached hydrogens (tertiary/aromatic N) is 2. The van der Waals surface area contributed by atoms with Gasteiger partial charge in [0, 0.05) is 12.7 Å². The van der Waals surface area contributed by atoms with Crippen LogP contribution in [0.1, 0.15) is 42.0 Å². The van der Waals surface area contributed by atoms with Crippen LogP contribution in [0.15, 0.2) is 78.5 Å². The predicted octanol–water partition coefficient (Wildman–Crippen LogP) is 6.07. The Hall–Kier alpha value is -3.66. The summed E-state index contributed by atoms with van der Waals surface area (Å²) in [5, 5.41) is 0. The van der Waals surface area contributed by atoms with Gasteiger partial charge in [0.25, 0.3) is 11.8 Å². The Balaban J connectivity index is 1.79. The number of para-hydroxylation sites is 1. The average Bonchev–Trinajstić information content (AvgIpc) is 3.09. The third kappa shape index (κ3) is 4.34. The quantitative estimate of drug-likeness (QED) is 0.421. The van der Waals surface area contributed by atoms with E-state index >= 15 is 0 Å². The molecule has 168 valence electrons. The molecule has 0 atom stereocenters. The molecule has 0 bridgehead atoms. The molecule has 0 N–H and O–H groups in total. The Bertz CT molecular complexity index is 1210. The fourth-order valence-corrected chi connectivity index (χ4v) is 4.19. The van der Waals surface area contributed by atoms with Gasteiger partial charge >= 0.3 is 0 Å². The summed E-state index contributed by atoms with van der Waals surface area (Å²) < 4.78 is 0. The summed E-state index contributed by atoms with van der Waals surface area (Å²) in [7, 11) is 1.84. The maximum Gasteiger partial charge on any atom is 0.282 e. The third-order valence-corrected chi connectivity index (χ3v) is 6.35. The van der Waals surface area contributed by atoms with Crippen LogP contribution in [0.4, 0.5) is 11.4 Å². The van der Waals surface area contributed by atoms with Crippen LogP contribution in [-0.2, 0) is 16.0 Å². The van der Waals surface area contributed by atoms with Crippen LogP contribution in [0, 0.1) is 13.8 Å². The van der Waals surface area contributed by atoms with E-state index in [1.54, 1.807) is 0 Å². The first-order valence-electron chi connectivity index (χ1n) is 11.5. The van der Waals surface area contributed by atoms with E-state index in [4.69, 9.17) is 0 Å². The lowest BCUT2D eigenvalue weighted by atomic mass is 9.99. The number of carbonyl (C=O) groups excluding carboxylic acids is 2. The molecule has 1 aliphatic rings. The van der Waals surface area contributed by atoms with Crippen molar-refractivity contribution in [3.05, 3.63) is 101 Å². The lowest BCUT2D eigenvalue weighted by molar-refractivity contribution is -0.120. The molecule has 0 aliphatic carbocycles. The van der Waals surface area contributed by atoms with Crippen LogP contribution < -0.4 is 9.80 Å². The molecule has 0 unspecified atom stereocenters. The van der Waals surface area contributed by atoms with Crippen molar-refractivity contribution in [1.29, 1.82) is 0 Å². The van der Waals surface area contributed by atoms with Crippen molar-refractivity contribution in [1.82, 2.24) is 0 Å². The number of hydrogen-bond donors (Lipinski definition) is 0. The van der Waals surface area contributed by atoms with Crippen molar-refractivity contribution in [2.45, 2.75) is 40.0 Å². The normalized spacial score (nSPS) is 13.8. The second-order valence-corrected chi connectivity index (χ2v) is 8.63. The minimum absolute atomic E-state index is 0.289. The number of hydrogen-bond acceptors (Lipinski definition) is 3. The zero-order valence-corrected chi connectivity index (χ0v) is 19.8. The van der Waals surface area contributed by atoms with Crippen molar-refractivity contribution >= 4 is 28.8 Å². The highest BCUT2D eigenvalue weighted by Gasteiger charge is 2.42. The smallest absolute Gasteiger partial charge is 0.282 e. The van der Waals surface area contributed by atoms with Crippen LogP contribution in [-0.4, -0.2) is 18.9 Å². The number of unbranched alkanes of at least 4 members (excludes halogenated alkanes) is 1. The molecule has 4 heteroatoms. The Labute approximate surface area is 196 Å². The van der Waals surface area contributed by atoms with Gasteiger partial charge in [0.15, 0.2) is 0 Å². The Morgan fingerprint density at radius 3 is 2.15 bits per heavy atom. The van der Waals surface area contributed by atoms with Crippen molar-refractivity contribution in [3.63, 3.8) is 0 Å². The number of carbonyl (C=O) groups is 2. The van der Waals surface area contributed by atoms with E-state index in [0.717, 1.165) is 41.6 Å². The number of likely N-dealkylation sites (N-methyl/N-ethyl adjacent to an activating group) is 1. The molecule has 1 heterocycles. The molecule has 0 fully saturated rings. The molecule has 0 radical (unpaired) electrons. The first-order chi connectivity index (χ1) is 15.9. The van der Waals surface area contributed by atoms with Crippen LogP contribution in [0.2, 0.25) is 0 Å². The minimum Gasteiger partial charge on any atom is -0.339 e. The molecule has 0 saturated carbocycles. The third-order valence-electron chi connectivity index (χ3n) is 6.35. The van der Waals surface area contributed by atoms with Gasteiger partial charge in [-0.25, -0.2) is 4.90 Å². The monoisotopic (exact) mass is 438 g/mol. The number of amides is 2. The number of imide groups is 1. The number of rotatable bonds is 7. The second-order valence-electron chi connectivity index (χ2n) is 8.63. The highest BCUT2D eigenvalue weighted by molar-refractivity contribution is 6.46. The highest BCUT2D eigenvalue weighted by atomic mass is 16.2. The van der Waals surface area contributed by atoms with Crippen LogP contribution >= 0.6 is 0 Å². The van der Waals surface area contributed by atoms with Crippen LogP contribution in [0.3, 0.4) is 0 Å². The molecule has 3 aromatic rings. The van der Waals surface area contributed by atoms with E-state index in [1.165, 1.54) is 10.5 Å². The fourth-order valence-electron chi connectivity index (χ4n) is 4.19. The number of anilines is 2. The van der Waals surface area contributed by atoms with E-state index in [1.807, 2.05) is 98.6 Å². The largest absolute Gasteiger partial charge is 0.339 e. The van der Waals surface area contributed by atoms with Gasteiger partial charge in [-0.2, -0.15) is 0 Å². The van der Waals surface area contributed by atoms with Gasteiger partial charge in [0.1, 0.15) is 5.70 Å². The summed E-state index contributed by atoms with van der Waals surface area (Å²) in [4.78, 5) is 30.6. The first-order valence-corrected chi connectivity index (χ1v) is 11.5. The molecule has 0 spiro atoms. The second kappa shape index (κ2) is 9.45. The van der Waals surface area contributed by atoms with E-state index in [0.29, 0.717) is 17.0 Å². The number of aryl methyl sites for hydroxylation is 3. The average molecular weight is 439 g/mol. The predicted molar refractivity (Wildman–Crippen MR) is 135 cm³/mol. The SMILES string of the molecule is CCCCc1ccc(N2C(=O)C(c3ccc(C)c(C)c3)=C(N(C)c3ccccc3)C2=O)cc1. The molecule has 2 amide bonds. The van der Waals surface area contributed by atoms with E-state index < -0.39 is 0 Å². The van der Waals surface area contributed by atoms with Crippen LogP contribution in [0.25, 0.3) is 5.57 Å². The van der Waals surface area contributed by atoms with E-state index in [-0.39, 0.29) is 11.8 Å². The minimum atomic E-state index is -0.305. The molecule has 4 rings (SSSR count). The van der Waals surface area contributed by atoms with E-state index in [2.05, 4.69) is 6.92 Å². The Kier molecular flexibility index (Phi) is 6.45. The van der Waals surface area contributed by atoms with Gasteiger partial charge in [-0.05, 0) is 73.2 Å². The molecular weight excluding hydrogens is 408 g/mol. The molecule has 0 aromatic heterocycles. The molecule has 4 nitrogen and oxygen atoms in total. The zero-order valence-electron chi connectivity index (χ0n) is 19.8. The number of benzene rings is 3. The van der Waals surface area contributed by atoms with Gasteiger partial charge in [-0.3, -0.25) is 9.59 Å². The lowest BCUT2D eigenvalue weighted by Gasteiger charge is -2.21. The van der Waals surface area contributed by atoms with Crippen molar-refractivity contribution in [2.24, 2.45) is 0 Å². The topological polar surface area (TPSA) is 40.6 Å². The van der Waals surface area contributed by atoms with Gasteiger partial charge < -0.3 is 4.90 Å². The van der Waals surface area contributed by atoms with Crippen molar-refractivity contribution in [2.75, 3.05) is 16.8 Å². The molecular formula is C29H30N2O2. The molecule has 0 saturated heterocycles. The fraction of sp³-hybridized carbons (Fsp3) is 0.241. The summed E-state index contributed by atoms with van der Waals surface area (Å²) in [6.07, 6.45) is 3.24. The van der Waals surface area contributed by atoms with E-state index in [9.17, 15) is 9.59 Å².